The fourth-order valence-electron chi connectivity index (χ4n) is 3.40. The van der Waals surface area contributed by atoms with Gasteiger partial charge in [-0.15, -0.1) is 0 Å². The van der Waals surface area contributed by atoms with E-state index in [0.717, 1.165) is 16.5 Å². The smallest absolute Gasteiger partial charge is 0.337 e. The van der Waals surface area contributed by atoms with Gasteiger partial charge in [-0.2, -0.15) is 5.26 Å². The number of carbonyl (C=O) groups excluding carboxylic acids is 2. The highest BCUT2D eigenvalue weighted by Gasteiger charge is 2.12. The molecule has 0 unspecified atom stereocenters. The molecule has 1 aromatic heterocycles. The number of ether oxygens (including phenoxy) is 2. The number of nitrogens with zero attached hydrogens (tertiary/aromatic N) is 2. The van der Waals surface area contributed by atoms with Crippen molar-refractivity contribution in [1.82, 2.24) is 4.98 Å². The van der Waals surface area contributed by atoms with E-state index in [-0.39, 0.29) is 11.5 Å². The summed E-state index contributed by atoms with van der Waals surface area (Å²) in [4.78, 5) is 28.5. The number of fused-ring (bicyclic) bond motifs is 1. The molecule has 0 spiro atoms. The summed E-state index contributed by atoms with van der Waals surface area (Å²) in [5.74, 6) is -0.259. The number of nitriles is 1. The van der Waals surface area contributed by atoms with Crippen LogP contribution in [0.5, 0.6) is 5.75 Å². The summed E-state index contributed by atoms with van der Waals surface area (Å²) >= 11 is 0. The van der Waals surface area contributed by atoms with Crippen LogP contribution in [0.15, 0.2) is 90.6 Å². The molecule has 0 atom stereocenters. The minimum absolute atomic E-state index is 0.0229. The quantitative estimate of drug-likeness (QED) is 0.231. The molecule has 7 heteroatoms. The Morgan fingerprint density at radius 1 is 1.00 bits per heavy atom. The average Bonchev–Trinajstić information content (AvgIpc) is 2.91. The number of methoxy groups -OCH3 is 1. The minimum atomic E-state index is -0.500. The molecule has 1 amide bonds. The third kappa shape index (κ3) is 5.70. The number of nitrogens with one attached hydrogen (secondary N) is 1. The Hall–Kier alpha value is -4.96. The number of esters is 1. The lowest BCUT2D eigenvalue weighted by molar-refractivity contribution is -0.112. The van der Waals surface area contributed by atoms with Crippen molar-refractivity contribution < 1.29 is 19.1 Å². The molecule has 0 bridgehead atoms. The maximum Gasteiger partial charge on any atom is 0.337 e. The van der Waals surface area contributed by atoms with E-state index >= 15 is 0 Å². The predicted molar refractivity (Wildman–Crippen MR) is 133 cm³/mol. The molecule has 35 heavy (non-hydrogen) atoms. The van der Waals surface area contributed by atoms with Crippen LogP contribution < -0.4 is 10.1 Å². The van der Waals surface area contributed by atoms with Gasteiger partial charge in [0.2, 0.25) is 0 Å². The van der Waals surface area contributed by atoms with Gasteiger partial charge < -0.3 is 14.8 Å². The lowest BCUT2D eigenvalue weighted by Crippen LogP contribution is -2.13. The van der Waals surface area contributed by atoms with Crippen LogP contribution in [0.2, 0.25) is 0 Å². The van der Waals surface area contributed by atoms with E-state index < -0.39 is 5.91 Å². The maximum atomic E-state index is 12.7. The number of hydrogen-bond acceptors (Lipinski definition) is 6. The Kier molecular flexibility index (Phi) is 7.14. The highest BCUT2D eigenvalue weighted by atomic mass is 16.5. The summed E-state index contributed by atoms with van der Waals surface area (Å²) < 4.78 is 10.5. The van der Waals surface area contributed by atoms with E-state index in [1.54, 1.807) is 72.9 Å². The highest BCUT2D eigenvalue weighted by molar-refractivity contribution is 6.12. The van der Waals surface area contributed by atoms with Gasteiger partial charge in [-0.05, 0) is 65.7 Å². The van der Waals surface area contributed by atoms with Crippen LogP contribution in [-0.2, 0) is 16.1 Å². The van der Waals surface area contributed by atoms with Gasteiger partial charge in [-0.1, -0.05) is 30.3 Å². The van der Waals surface area contributed by atoms with Gasteiger partial charge in [0.1, 0.15) is 24.0 Å². The van der Waals surface area contributed by atoms with Gasteiger partial charge in [-0.3, -0.25) is 9.78 Å². The second-order valence-electron chi connectivity index (χ2n) is 7.55. The fraction of sp³-hybridized carbons (Fsp3) is 0.0714. The minimum Gasteiger partial charge on any atom is -0.489 e. The summed E-state index contributed by atoms with van der Waals surface area (Å²) in [7, 11) is 1.34. The van der Waals surface area contributed by atoms with Crippen LogP contribution >= 0.6 is 0 Å². The number of benzene rings is 3. The fourth-order valence-corrected chi connectivity index (χ4v) is 3.40. The predicted octanol–water partition coefficient (Wildman–Crippen LogP) is 5.15. The maximum absolute atomic E-state index is 12.7. The molecule has 172 valence electrons. The molecule has 0 fully saturated rings. The lowest BCUT2D eigenvalue weighted by Gasteiger charge is -2.08. The molecule has 3 aromatic carbocycles. The monoisotopic (exact) mass is 463 g/mol. The first-order valence-corrected chi connectivity index (χ1v) is 10.7. The summed E-state index contributed by atoms with van der Waals surface area (Å²) in [6.45, 7) is 0.322. The first kappa shape index (κ1) is 23.2. The molecule has 0 saturated carbocycles. The summed E-state index contributed by atoms with van der Waals surface area (Å²) in [6, 6.07) is 25.1. The molecule has 0 saturated heterocycles. The van der Waals surface area contributed by atoms with Gasteiger partial charge in [0.05, 0.1) is 23.9 Å². The number of pyridine rings is 1. The van der Waals surface area contributed by atoms with E-state index in [1.165, 1.54) is 13.2 Å². The Labute approximate surface area is 202 Å². The molecule has 4 rings (SSSR count). The van der Waals surface area contributed by atoms with Crippen molar-refractivity contribution in [3.63, 3.8) is 0 Å². The summed E-state index contributed by atoms with van der Waals surface area (Å²) in [6.07, 6.45) is 3.21. The molecule has 0 radical (unpaired) electrons. The van der Waals surface area contributed by atoms with E-state index in [9.17, 15) is 14.9 Å². The van der Waals surface area contributed by atoms with Crippen LogP contribution in [0.1, 0.15) is 21.5 Å². The van der Waals surface area contributed by atoms with Crippen LogP contribution in [0.3, 0.4) is 0 Å². The zero-order valence-corrected chi connectivity index (χ0v) is 18.9. The molecule has 1 N–H and O–H groups in total. The number of amides is 1. The van der Waals surface area contributed by atoms with Crippen molar-refractivity contribution in [1.29, 1.82) is 5.26 Å². The standard InChI is InChI=1S/C28H21N3O4/c1-34-28(33)21-11-7-20(8-12-21)18-35-23-13-9-19(10-14-23)16-22(17-29)27(32)31-26-6-2-5-25-24(26)4-3-15-30-25/h2-16H,18H2,1H3,(H,31,32)/b22-16+. The lowest BCUT2D eigenvalue weighted by atomic mass is 10.1. The number of carbonyl (C=O) groups is 2. The number of aromatic nitrogens is 1. The largest absolute Gasteiger partial charge is 0.489 e. The van der Waals surface area contributed by atoms with Gasteiger partial charge in [0.25, 0.3) is 5.91 Å². The molecular weight excluding hydrogens is 442 g/mol. The molecule has 0 aliphatic heterocycles. The first-order chi connectivity index (χ1) is 17.1. The number of rotatable bonds is 7. The molecule has 0 aliphatic carbocycles. The topological polar surface area (TPSA) is 101 Å². The average molecular weight is 463 g/mol. The van der Waals surface area contributed by atoms with Crippen molar-refractivity contribution in [3.8, 4) is 11.8 Å². The molecule has 7 nitrogen and oxygen atoms in total. The number of hydrogen-bond donors (Lipinski definition) is 1. The van der Waals surface area contributed by atoms with Crippen LogP contribution in [-0.4, -0.2) is 24.0 Å². The van der Waals surface area contributed by atoms with Crippen molar-refractivity contribution in [2.45, 2.75) is 6.61 Å². The van der Waals surface area contributed by atoms with Crippen LogP contribution in [0.25, 0.3) is 17.0 Å². The van der Waals surface area contributed by atoms with Crippen molar-refractivity contribution in [2.24, 2.45) is 0 Å². The Morgan fingerprint density at radius 2 is 1.77 bits per heavy atom. The second kappa shape index (κ2) is 10.8. The zero-order valence-electron chi connectivity index (χ0n) is 18.9. The van der Waals surface area contributed by atoms with E-state index in [2.05, 4.69) is 10.3 Å². The first-order valence-electron chi connectivity index (χ1n) is 10.7. The van der Waals surface area contributed by atoms with Crippen LogP contribution in [0, 0.1) is 11.3 Å². The third-order valence-electron chi connectivity index (χ3n) is 5.23. The molecular formula is C28H21N3O4. The summed E-state index contributed by atoms with van der Waals surface area (Å²) in [5, 5.41) is 13.1. The third-order valence-corrected chi connectivity index (χ3v) is 5.23. The zero-order chi connectivity index (χ0) is 24.6. The molecule has 1 heterocycles. The van der Waals surface area contributed by atoms with Crippen molar-refractivity contribution in [3.05, 3.63) is 107 Å². The van der Waals surface area contributed by atoms with Gasteiger partial charge in [-0.25, -0.2) is 4.79 Å². The highest BCUT2D eigenvalue weighted by Crippen LogP contribution is 2.22. The Bertz CT molecular complexity index is 1430. The van der Waals surface area contributed by atoms with E-state index in [1.807, 2.05) is 18.2 Å². The van der Waals surface area contributed by atoms with E-state index in [0.29, 0.717) is 29.2 Å². The summed E-state index contributed by atoms with van der Waals surface area (Å²) in [5.41, 5.74) is 3.37. The van der Waals surface area contributed by atoms with Crippen molar-refractivity contribution in [2.75, 3.05) is 12.4 Å². The van der Waals surface area contributed by atoms with Gasteiger partial charge >= 0.3 is 5.97 Å². The van der Waals surface area contributed by atoms with E-state index in [4.69, 9.17) is 9.47 Å². The van der Waals surface area contributed by atoms with Crippen molar-refractivity contribution >= 4 is 34.5 Å². The molecule has 0 aliphatic rings. The Balaban J connectivity index is 1.40. The Morgan fingerprint density at radius 3 is 2.49 bits per heavy atom. The normalized spacial score (nSPS) is 10.9. The van der Waals surface area contributed by atoms with Gasteiger partial charge in [0.15, 0.2) is 0 Å². The van der Waals surface area contributed by atoms with Gasteiger partial charge in [0, 0.05) is 11.6 Å². The molecule has 4 aromatic rings. The number of anilines is 1. The SMILES string of the molecule is COC(=O)c1ccc(COc2ccc(/C=C(\C#N)C(=O)Nc3cccc4ncccc34)cc2)cc1. The second-order valence-corrected chi connectivity index (χ2v) is 7.55. The van der Waals surface area contributed by atoms with Crippen LogP contribution in [0.4, 0.5) is 5.69 Å².